The molecule has 0 aromatic heterocycles. The Labute approximate surface area is 90.8 Å². The van der Waals surface area contributed by atoms with Crippen molar-refractivity contribution >= 4 is 5.91 Å². The molecule has 0 spiro atoms. The van der Waals surface area contributed by atoms with E-state index in [-0.39, 0.29) is 18.5 Å². The van der Waals surface area contributed by atoms with Crippen molar-refractivity contribution in [2.75, 3.05) is 26.8 Å². The minimum absolute atomic E-state index is 0.0354. The molecule has 1 amide bonds. The zero-order chi connectivity index (χ0) is 11.5. The van der Waals surface area contributed by atoms with Crippen LogP contribution in [0.3, 0.4) is 0 Å². The van der Waals surface area contributed by atoms with Gasteiger partial charge in [0, 0.05) is 19.7 Å². The topological polar surface area (TPSA) is 74.2 Å². The average Bonchev–Trinajstić information content (AvgIpc) is 2.24. The quantitative estimate of drug-likeness (QED) is 0.558. The molecule has 0 heterocycles. The maximum Gasteiger partial charge on any atom is 0.234 e. The van der Waals surface area contributed by atoms with Gasteiger partial charge in [-0.05, 0) is 6.42 Å². The molecule has 1 atom stereocenters. The van der Waals surface area contributed by atoms with Crippen molar-refractivity contribution in [3.63, 3.8) is 0 Å². The summed E-state index contributed by atoms with van der Waals surface area (Å²) in [7, 11) is 1.61. The van der Waals surface area contributed by atoms with Gasteiger partial charge in [-0.1, -0.05) is 6.92 Å². The largest absolute Gasteiger partial charge is 0.383 e. The summed E-state index contributed by atoms with van der Waals surface area (Å²) in [5.41, 5.74) is 0. The van der Waals surface area contributed by atoms with E-state index in [2.05, 4.69) is 10.6 Å². The molecule has 0 aliphatic rings. The number of nitrogens with zero attached hydrogens (tertiary/aromatic N) is 1. The van der Waals surface area contributed by atoms with Crippen molar-refractivity contribution in [2.24, 2.45) is 0 Å². The highest BCUT2D eigenvalue weighted by Gasteiger charge is 2.08. The zero-order valence-electron chi connectivity index (χ0n) is 9.38. The number of nitriles is 1. The van der Waals surface area contributed by atoms with Gasteiger partial charge in [-0.25, -0.2) is 0 Å². The molecule has 86 valence electrons. The minimum Gasteiger partial charge on any atom is -0.383 e. The summed E-state index contributed by atoms with van der Waals surface area (Å²) in [6.07, 6.45) is 1.14. The zero-order valence-corrected chi connectivity index (χ0v) is 9.38. The smallest absolute Gasteiger partial charge is 0.234 e. The van der Waals surface area contributed by atoms with Gasteiger partial charge in [0.05, 0.1) is 25.6 Å². The third-order valence-electron chi connectivity index (χ3n) is 1.96. The Morgan fingerprint density at radius 2 is 2.33 bits per heavy atom. The van der Waals surface area contributed by atoms with E-state index < -0.39 is 0 Å². The van der Waals surface area contributed by atoms with Crippen LogP contribution in [0.15, 0.2) is 0 Å². The average molecular weight is 213 g/mol. The fraction of sp³-hybridized carbons (Fsp3) is 0.800. The lowest BCUT2D eigenvalue weighted by Crippen LogP contribution is -2.40. The van der Waals surface area contributed by atoms with Crippen molar-refractivity contribution in [2.45, 2.75) is 25.8 Å². The van der Waals surface area contributed by atoms with Crippen LogP contribution >= 0.6 is 0 Å². The monoisotopic (exact) mass is 213 g/mol. The molecule has 0 saturated heterocycles. The fourth-order valence-corrected chi connectivity index (χ4v) is 1.06. The molecule has 0 aromatic rings. The summed E-state index contributed by atoms with van der Waals surface area (Å²) < 4.78 is 4.83. The number of nitrogens with one attached hydrogen (secondary N) is 2. The summed E-state index contributed by atoms with van der Waals surface area (Å²) in [6.45, 7) is 3.45. The maximum absolute atomic E-state index is 11.3. The second-order valence-corrected chi connectivity index (χ2v) is 3.20. The summed E-state index contributed by atoms with van der Waals surface area (Å²) in [4.78, 5) is 11.3. The Morgan fingerprint density at radius 3 is 2.87 bits per heavy atom. The molecule has 0 fully saturated rings. The van der Waals surface area contributed by atoms with Crippen LogP contribution in [-0.2, 0) is 9.53 Å². The second kappa shape index (κ2) is 9.44. The molecule has 1 unspecified atom stereocenters. The third-order valence-corrected chi connectivity index (χ3v) is 1.96. The van der Waals surface area contributed by atoms with Crippen molar-refractivity contribution in [3.05, 3.63) is 0 Å². The van der Waals surface area contributed by atoms with E-state index in [4.69, 9.17) is 10.00 Å². The summed E-state index contributed by atoms with van der Waals surface area (Å²) >= 11 is 0. The normalized spacial score (nSPS) is 11.8. The lowest BCUT2D eigenvalue weighted by molar-refractivity contribution is -0.120. The van der Waals surface area contributed by atoms with Gasteiger partial charge < -0.3 is 15.4 Å². The van der Waals surface area contributed by atoms with E-state index >= 15 is 0 Å². The van der Waals surface area contributed by atoms with E-state index in [1.165, 1.54) is 0 Å². The number of amides is 1. The molecule has 0 aliphatic heterocycles. The Bertz CT molecular complexity index is 213. The second-order valence-electron chi connectivity index (χ2n) is 3.20. The Hall–Kier alpha value is -1.12. The molecular weight excluding hydrogens is 194 g/mol. The number of methoxy groups -OCH3 is 1. The number of rotatable bonds is 8. The molecule has 0 radical (unpaired) electrons. The first-order chi connectivity index (χ1) is 7.24. The van der Waals surface area contributed by atoms with Gasteiger partial charge in [0.15, 0.2) is 0 Å². The molecule has 15 heavy (non-hydrogen) atoms. The van der Waals surface area contributed by atoms with E-state index in [1.54, 1.807) is 7.11 Å². The van der Waals surface area contributed by atoms with Gasteiger partial charge in [0.25, 0.3) is 0 Å². The van der Waals surface area contributed by atoms with Crippen LogP contribution in [0.5, 0.6) is 0 Å². The number of ether oxygens (including phenoxy) is 1. The van der Waals surface area contributed by atoms with E-state index in [9.17, 15) is 4.79 Å². The summed E-state index contributed by atoms with van der Waals surface area (Å²) in [5, 5.41) is 14.2. The van der Waals surface area contributed by atoms with Gasteiger partial charge in [0.1, 0.15) is 0 Å². The lowest BCUT2D eigenvalue weighted by atomic mass is 10.2. The van der Waals surface area contributed by atoms with Crippen LogP contribution < -0.4 is 10.6 Å². The highest BCUT2D eigenvalue weighted by molar-refractivity contribution is 5.78. The molecule has 0 aromatic carbocycles. The molecule has 5 nitrogen and oxygen atoms in total. The molecule has 5 heteroatoms. The molecule has 0 rings (SSSR count). The van der Waals surface area contributed by atoms with Crippen LogP contribution in [0.2, 0.25) is 0 Å². The Morgan fingerprint density at radius 1 is 1.60 bits per heavy atom. The van der Waals surface area contributed by atoms with Gasteiger partial charge in [-0.2, -0.15) is 5.26 Å². The fourth-order valence-electron chi connectivity index (χ4n) is 1.06. The number of hydrogen-bond acceptors (Lipinski definition) is 4. The van der Waals surface area contributed by atoms with Crippen LogP contribution in [0.1, 0.15) is 19.8 Å². The van der Waals surface area contributed by atoms with E-state index in [1.807, 2.05) is 13.0 Å². The van der Waals surface area contributed by atoms with Gasteiger partial charge in [-0.15, -0.1) is 0 Å². The van der Waals surface area contributed by atoms with E-state index in [0.29, 0.717) is 19.6 Å². The van der Waals surface area contributed by atoms with E-state index in [0.717, 1.165) is 6.42 Å². The standard InChI is InChI=1S/C10H19N3O2/c1-3-9(4-5-11)13-10(14)8-12-6-7-15-2/h9,12H,3-4,6-8H2,1-2H3,(H,13,14). The summed E-state index contributed by atoms with van der Waals surface area (Å²) in [5.74, 6) is -0.0757. The molecule has 0 aliphatic carbocycles. The first kappa shape index (κ1) is 13.9. The first-order valence-electron chi connectivity index (χ1n) is 5.10. The Balaban J connectivity index is 3.58. The number of carbonyl (C=O) groups excluding carboxylic acids is 1. The lowest BCUT2D eigenvalue weighted by Gasteiger charge is -2.13. The SMILES string of the molecule is CCC(CC#N)NC(=O)CNCCOC. The van der Waals surface area contributed by atoms with Crippen LogP contribution in [0, 0.1) is 11.3 Å². The highest BCUT2D eigenvalue weighted by Crippen LogP contribution is 1.94. The molecule has 0 bridgehead atoms. The molecular formula is C10H19N3O2. The molecule has 2 N–H and O–H groups in total. The number of carbonyl (C=O) groups is 1. The van der Waals surface area contributed by atoms with Gasteiger partial charge in [0.2, 0.25) is 5.91 Å². The van der Waals surface area contributed by atoms with Crippen molar-refractivity contribution in [1.29, 1.82) is 5.26 Å². The first-order valence-corrected chi connectivity index (χ1v) is 5.10. The van der Waals surface area contributed by atoms with Gasteiger partial charge >= 0.3 is 0 Å². The minimum atomic E-state index is -0.0757. The Kier molecular flexibility index (Phi) is 8.73. The summed E-state index contributed by atoms with van der Waals surface area (Å²) in [6, 6.07) is 2.01. The van der Waals surface area contributed by atoms with Crippen molar-refractivity contribution in [3.8, 4) is 6.07 Å². The van der Waals surface area contributed by atoms with Crippen molar-refractivity contribution < 1.29 is 9.53 Å². The highest BCUT2D eigenvalue weighted by atomic mass is 16.5. The van der Waals surface area contributed by atoms with Crippen LogP contribution in [-0.4, -0.2) is 38.8 Å². The molecule has 0 saturated carbocycles. The predicted octanol–water partition coefficient (Wildman–Crippen LogP) is 0.0309. The van der Waals surface area contributed by atoms with Crippen LogP contribution in [0.4, 0.5) is 0 Å². The van der Waals surface area contributed by atoms with Crippen molar-refractivity contribution in [1.82, 2.24) is 10.6 Å². The predicted molar refractivity (Wildman–Crippen MR) is 57.2 cm³/mol. The van der Waals surface area contributed by atoms with Gasteiger partial charge in [-0.3, -0.25) is 4.79 Å². The maximum atomic E-state index is 11.3. The third kappa shape index (κ3) is 7.91. The van der Waals surface area contributed by atoms with Crippen LogP contribution in [0.25, 0.3) is 0 Å². The number of hydrogen-bond donors (Lipinski definition) is 2.